The molecule has 0 amide bonds. The molecule has 1 aliphatic heterocycles. The summed E-state index contributed by atoms with van der Waals surface area (Å²) in [5.74, 6) is 0.962. The van der Waals surface area contributed by atoms with Gasteiger partial charge in [0.25, 0.3) is 0 Å². The van der Waals surface area contributed by atoms with E-state index < -0.39 is 0 Å². The van der Waals surface area contributed by atoms with Crippen molar-refractivity contribution >= 4 is 0 Å². The predicted molar refractivity (Wildman–Crippen MR) is 76.8 cm³/mol. The van der Waals surface area contributed by atoms with Crippen molar-refractivity contribution < 1.29 is 9.47 Å². The van der Waals surface area contributed by atoms with Crippen LogP contribution in [-0.2, 0) is 4.74 Å². The number of nitrogens with one attached hydrogen (secondary N) is 2. The molecule has 0 saturated carbocycles. The number of hydrogen-bond acceptors (Lipinski definition) is 4. The van der Waals surface area contributed by atoms with Gasteiger partial charge < -0.3 is 20.1 Å². The van der Waals surface area contributed by atoms with Crippen LogP contribution in [0.25, 0.3) is 0 Å². The molecule has 0 bridgehead atoms. The fourth-order valence-corrected chi connectivity index (χ4v) is 2.55. The van der Waals surface area contributed by atoms with Gasteiger partial charge in [-0.15, -0.1) is 0 Å². The maximum Gasteiger partial charge on any atom is 0.122 e. The van der Waals surface area contributed by atoms with Crippen molar-refractivity contribution in [2.45, 2.75) is 26.0 Å². The molecule has 2 rings (SSSR count). The first kappa shape index (κ1) is 14.3. The standard InChI is InChI=1S/C15H24N2O2/c1-4-18-13-6-5-12(9-11(13)2)15(16-3)14-10-17-7-8-19-14/h5-6,9,14-17H,4,7-8,10H2,1-3H3. The van der Waals surface area contributed by atoms with Crippen LogP contribution in [0.4, 0.5) is 0 Å². The van der Waals surface area contributed by atoms with Gasteiger partial charge in [-0.25, -0.2) is 0 Å². The summed E-state index contributed by atoms with van der Waals surface area (Å²) in [5.41, 5.74) is 2.42. The zero-order valence-corrected chi connectivity index (χ0v) is 12.0. The van der Waals surface area contributed by atoms with E-state index >= 15 is 0 Å². The van der Waals surface area contributed by atoms with Crippen molar-refractivity contribution in [2.24, 2.45) is 0 Å². The van der Waals surface area contributed by atoms with Gasteiger partial charge in [0, 0.05) is 13.1 Å². The maximum atomic E-state index is 5.85. The number of morpholine rings is 1. The Balaban J connectivity index is 2.15. The molecule has 4 nitrogen and oxygen atoms in total. The first-order valence-electron chi connectivity index (χ1n) is 6.99. The third-order valence-corrected chi connectivity index (χ3v) is 3.50. The third kappa shape index (κ3) is 3.47. The number of likely N-dealkylation sites (N-methyl/N-ethyl adjacent to an activating group) is 1. The third-order valence-electron chi connectivity index (χ3n) is 3.50. The number of benzene rings is 1. The minimum Gasteiger partial charge on any atom is -0.494 e. The lowest BCUT2D eigenvalue weighted by atomic mass is 9.98. The van der Waals surface area contributed by atoms with Crippen LogP contribution in [0, 0.1) is 6.92 Å². The van der Waals surface area contributed by atoms with Gasteiger partial charge in [-0.2, -0.15) is 0 Å². The van der Waals surface area contributed by atoms with Crippen LogP contribution in [-0.4, -0.2) is 39.5 Å². The van der Waals surface area contributed by atoms with Crippen molar-refractivity contribution in [1.82, 2.24) is 10.6 Å². The normalized spacial score (nSPS) is 21.1. The van der Waals surface area contributed by atoms with Crippen molar-refractivity contribution in [2.75, 3.05) is 33.4 Å². The molecule has 0 radical (unpaired) electrons. The summed E-state index contributed by atoms with van der Waals surface area (Å²) >= 11 is 0. The topological polar surface area (TPSA) is 42.5 Å². The van der Waals surface area contributed by atoms with Gasteiger partial charge in [0.15, 0.2) is 0 Å². The summed E-state index contributed by atoms with van der Waals surface area (Å²) in [6.07, 6.45) is 0.177. The monoisotopic (exact) mass is 264 g/mol. The Labute approximate surface area is 115 Å². The zero-order chi connectivity index (χ0) is 13.7. The number of aryl methyl sites for hydroxylation is 1. The van der Waals surface area contributed by atoms with Crippen molar-refractivity contribution in [3.8, 4) is 5.75 Å². The van der Waals surface area contributed by atoms with E-state index in [-0.39, 0.29) is 12.1 Å². The van der Waals surface area contributed by atoms with Crippen LogP contribution in [0.5, 0.6) is 5.75 Å². The SMILES string of the molecule is CCOc1ccc(C(NC)C2CNCCO2)cc1C. The maximum absolute atomic E-state index is 5.85. The first-order chi connectivity index (χ1) is 9.26. The average molecular weight is 264 g/mol. The summed E-state index contributed by atoms with van der Waals surface area (Å²) in [6.45, 7) is 7.39. The second kappa shape index (κ2) is 6.89. The molecule has 1 saturated heterocycles. The van der Waals surface area contributed by atoms with E-state index in [1.54, 1.807) is 0 Å². The van der Waals surface area contributed by atoms with E-state index in [4.69, 9.17) is 9.47 Å². The molecule has 1 aromatic carbocycles. The van der Waals surface area contributed by atoms with Gasteiger partial charge in [0.05, 0.1) is 25.4 Å². The lowest BCUT2D eigenvalue weighted by Gasteiger charge is -2.31. The van der Waals surface area contributed by atoms with Crippen molar-refractivity contribution in [1.29, 1.82) is 0 Å². The van der Waals surface area contributed by atoms with Gasteiger partial charge in [-0.3, -0.25) is 0 Å². The molecule has 2 N–H and O–H groups in total. The Morgan fingerprint density at radius 3 is 2.95 bits per heavy atom. The van der Waals surface area contributed by atoms with Crippen LogP contribution < -0.4 is 15.4 Å². The van der Waals surface area contributed by atoms with Crippen molar-refractivity contribution in [3.05, 3.63) is 29.3 Å². The van der Waals surface area contributed by atoms with Crippen LogP contribution in [0.1, 0.15) is 24.1 Å². The Kier molecular flexibility index (Phi) is 5.19. The molecule has 1 aromatic rings. The van der Waals surface area contributed by atoms with Gasteiger partial charge in [0.2, 0.25) is 0 Å². The highest BCUT2D eigenvalue weighted by atomic mass is 16.5. The highest BCUT2D eigenvalue weighted by Gasteiger charge is 2.24. The summed E-state index contributed by atoms with van der Waals surface area (Å²) in [5, 5.41) is 6.74. The summed E-state index contributed by atoms with van der Waals surface area (Å²) in [4.78, 5) is 0. The second-order valence-electron chi connectivity index (χ2n) is 4.84. The molecule has 1 aliphatic rings. The number of ether oxygens (including phenoxy) is 2. The molecule has 1 heterocycles. The summed E-state index contributed by atoms with van der Waals surface area (Å²) in [6, 6.07) is 6.57. The minimum absolute atomic E-state index is 0.177. The van der Waals surface area contributed by atoms with E-state index in [0.717, 1.165) is 25.4 Å². The Morgan fingerprint density at radius 1 is 1.53 bits per heavy atom. The second-order valence-corrected chi connectivity index (χ2v) is 4.84. The molecule has 0 aromatic heterocycles. The predicted octanol–water partition coefficient (Wildman–Crippen LogP) is 1.64. The molecule has 1 fully saturated rings. The first-order valence-corrected chi connectivity index (χ1v) is 6.99. The van der Waals surface area contributed by atoms with E-state index in [2.05, 4.69) is 35.8 Å². The fraction of sp³-hybridized carbons (Fsp3) is 0.600. The zero-order valence-electron chi connectivity index (χ0n) is 12.0. The fourth-order valence-electron chi connectivity index (χ4n) is 2.55. The molecule has 2 unspecified atom stereocenters. The molecular weight excluding hydrogens is 240 g/mol. The molecule has 2 atom stereocenters. The average Bonchev–Trinajstić information content (AvgIpc) is 2.44. The number of hydrogen-bond donors (Lipinski definition) is 2. The lowest BCUT2D eigenvalue weighted by molar-refractivity contribution is 0.00536. The molecule has 106 valence electrons. The summed E-state index contributed by atoms with van der Waals surface area (Å²) in [7, 11) is 1.98. The van der Waals surface area contributed by atoms with E-state index in [9.17, 15) is 0 Å². The lowest BCUT2D eigenvalue weighted by Crippen LogP contribution is -2.45. The highest BCUT2D eigenvalue weighted by Crippen LogP contribution is 2.26. The van der Waals surface area contributed by atoms with Crippen LogP contribution >= 0.6 is 0 Å². The largest absolute Gasteiger partial charge is 0.494 e. The number of rotatable bonds is 5. The molecule has 0 spiro atoms. The van der Waals surface area contributed by atoms with Crippen LogP contribution in [0.15, 0.2) is 18.2 Å². The molecular formula is C15H24N2O2. The van der Waals surface area contributed by atoms with Gasteiger partial charge in [-0.05, 0) is 38.1 Å². The smallest absolute Gasteiger partial charge is 0.122 e. The molecule has 19 heavy (non-hydrogen) atoms. The van der Waals surface area contributed by atoms with Crippen LogP contribution in [0.2, 0.25) is 0 Å². The van der Waals surface area contributed by atoms with Crippen LogP contribution in [0.3, 0.4) is 0 Å². The van der Waals surface area contributed by atoms with Gasteiger partial charge >= 0.3 is 0 Å². The van der Waals surface area contributed by atoms with Crippen molar-refractivity contribution in [3.63, 3.8) is 0 Å². The Hall–Kier alpha value is -1.10. The van der Waals surface area contributed by atoms with E-state index in [1.165, 1.54) is 11.1 Å². The quantitative estimate of drug-likeness (QED) is 0.848. The van der Waals surface area contributed by atoms with Gasteiger partial charge in [0.1, 0.15) is 5.75 Å². The minimum atomic E-state index is 0.177. The highest BCUT2D eigenvalue weighted by molar-refractivity contribution is 5.37. The van der Waals surface area contributed by atoms with Gasteiger partial charge in [-0.1, -0.05) is 12.1 Å². The summed E-state index contributed by atoms with van der Waals surface area (Å²) < 4.78 is 11.4. The van der Waals surface area contributed by atoms with E-state index in [0.29, 0.717) is 6.61 Å². The molecule has 4 heteroatoms. The Morgan fingerprint density at radius 2 is 2.37 bits per heavy atom. The molecule has 0 aliphatic carbocycles. The van der Waals surface area contributed by atoms with E-state index in [1.807, 2.05) is 14.0 Å². The Bertz CT molecular complexity index is 403.